The van der Waals surface area contributed by atoms with E-state index in [2.05, 4.69) is 10.6 Å². The van der Waals surface area contributed by atoms with Crippen LogP contribution in [-0.2, 0) is 19.0 Å². The summed E-state index contributed by atoms with van der Waals surface area (Å²) in [7, 11) is 3.04. The molecule has 2 amide bonds. The number of nitrogens with one attached hydrogen (secondary N) is 2. The van der Waals surface area contributed by atoms with Crippen molar-refractivity contribution in [1.82, 2.24) is 10.6 Å². The first-order valence-electron chi connectivity index (χ1n) is 5.94. The third kappa shape index (κ3) is 10.2. The number of methoxy groups -OCH3 is 2. The Hall–Kier alpha value is -1.38. The number of carbonyl (C=O) groups excluding carboxylic acids is 1. The number of carboxylic acid groups (broad SMARTS) is 1. The van der Waals surface area contributed by atoms with Gasteiger partial charge in [0.25, 0.3) is 0 Å². The largest absolute Gasteiger partial charge is 0.480 e. The minimum Gasteiger partial charge on any atom is -0.480 e. The van der Waals surface area contributed by atoms with Crippen molar-refractivity contribution >= 4 is 12.0 Å². The van der Waals surface area contributed by atoms with E-state index in [4.69, 9.17) is 19.3 Å². The Kier molecular flexibility index (Phi) is 10.8. The topological polar surface area (TPSA) is 106 Å². The number of urea groups is 1. The predicted molar refractivity (Wildman–Crippen MR) is 67.1 cm³/mol. The van der Waals surface area contributed by atoms with Gasteiger partial charge in [-0.05, 0) is 0 Å². The fourth-order valence-electron chi connectivity index (χ4n) is 1.18. The van der Waals surface area contributed by atoms with Crippen molar-refractivity contribution in [2.24, 2.45) is 0 Å². The Labute approximate surface area is 112 Å². The first-order valence-corrected chi connectivity index (χ1v) is 5.94. The van der Waals surface area contributed by atoms with E-state index >= 15 is 0 Å². The number of aliphatic carboxylic acids is 1. The minimum absolute atomic E-state index is 0.212. The van der Waals surface area contributed by atoms with Crippen molar-refractivity contribution < 1.29 is 28.9 Å². The van der Waals surface area contributed by atoms with Gasteiger partial charge >= 0.3 is 12.0 Å². The zero-order chi connectivity index (χ0) is 14.5. The zero-order valence-corrected chi connectivity index (χ0v) is 11.3. The van der Waals surface area contributed by atoms with Crippen molar-refractivity contribution in [1.29, 1.82) is 0 Å². The lowest BCUT2D eigenvalue weighted by molar-refractivity contribution is -0.139. The van der Waals surface area contributed by atoms with E-state index in [1.165, 1.54) is 7.11 Å². The van der Waals surface area contributed by atoms with Gasteiger partial charge in [-0.25, -0.2) is 9.59 Å². The van der Waals surface area contributed by atoms with Crippen LogP contribution in [0.4, 0.5) is 4.79 Å². The van der Waals surface area contributed by atoms with Gasteiger partial charge in [-0.2, -0.15) is 0 Å². The lowest BCUT2D eigenvalue weighted by Gasteiger charge is -2.14. The summed E-state index contributed by atoms with van der Waals surface area (Å²) >= 11 is 0. The molecule has 0 bridgehead atoms. The Morgan fingerprint density at radius 3 is 2.37 bits per heavy atom. The summed E-state index contributed by atoms with van der Waals surface area (Å²) in [4.78, 5) is 22.3. The molecule has 0 radical (unpaired) electrons. The summed E-state index contributed by atoms with van der Waals surface area (Å²) < 4.78 is 14.7. The molecule has 0 fully saturated rings. The van der Waals surface area contributed by atoms with Crippen LogP contribution in [0, 0.1) is 0 Å². The van der Waals surface area contributed by atoms with E-state index in [1.807, 2.05) is 0 Å². The number of amides is 2. The highest BCUT2D eigenvalue weighted by atomic mass is 16.5. The Morgan fingerprint density at radius 1 is 1.11 bits per heavy atom. The number of hydrogen-bond donors (Lipinski definition) is 3. The molecule has 0 aliphatic rings. The molecule has 3 N–H and O–H groups in total. The van der Waals surface area contributed by atoms with Gasteiger partial charge in [0.2, 0.25) is 0 Å². The fourth-order valence-corrected chi connectivity index (χ4v) is 1.18. The Morgan fingerprint density at radius 2 is 1.79 bits per heavy atom. The van der Waals surface area contributed by atoms with Gasteiger partial charge in [0.05, 0.1) is 19.8 Å². The summed E-state index contributed by atoms with van der Waals surface area (Å²) in [6, 6.07) is -1.51. The quantitative estimate of drug-likeness (QED) is 0.437. The van der Waals surface area contributed by atoms with E-state index in [9.17, 15) is 9.59 Å². The normalized spacial score (nSPS) is 11.9. The molecule has 0 aromatic rings. The van der Waals surface area contributed by atoms with Gasteiger partial charge in [-0.3, -0.25) is 0 Å². The molecule has 0 saturated heterocycles. The second-order valence-corrected chi connectivity index (χ2v) is 3.68. The molecule has 0 aliphatic carbocycles. The summed E-state index contributed by atoms with van der Waals surface area (Å²) in [5.74, 6) is -1.09. The number of carbonyl (C=O) groups is 2. The van der Waals surface area contributed by atoms with E-state index in [0.29, 0.717) is 26.4 Å². The second-order valence-electron chi connectivity index (χ2n) is 3.68. The fraction of sp³-hybridized carbons (Fsp3) is 0.818. The third-order valence-corrected chi connectivity index (χ3v) is 2.18. The molecular formula is C11H22N2O6. The lowest BCUT2D eigenvalue weighted by atomic mass is 10.2. The van der Waals surface area contributed by atoms with Crippen molar-refractivity contribution in [2.45, 2.75) is 12.5 Å². The van der Waals surface area contributed by atoms with Crippen LogP contribution in [0.5, 0.6) is 0 Å². The van der Waals surface area contributed by atoms with Gasteiger partial charge in [0.1, 0.15) is 6.04 Å². The van der Waals surface area contributed by atoms with Crippen LogP contribution in [0.15, 0.2) is 0 Å². The molecule has 0 spiro atoms. The van der Waals surface area contributed by atoms with Crippen molar-refractivity contribution in [3.8, 4) is 0 Å². The average molecular weight is 278 g/mol. The maximum Gasteiger partial charge on any atom is 0.326 e. The van der Waals surface area contributed by atoms with E-state index in [-0.39, 0.29) is 13.0 Å². The molecule has 0 aliphatic heterocycles. The number of ether oxygens (including phenoxy) is 3. The van der Waals surface area contributed by atoms with E-state index in [1.54, 1.807) is 7.11 Å². The van der Waals surface area contributed by atoms with E-state index in [0.717, 1.165) is 0 Å². The van der Waals surface area contributed by atoms with Crippen LogP contribution in [-0.4, -0.2) is 70.3 Å². The molecule has 19 heavy (non-hydrogen) atoms. The van der Waals surface area contributed by atoms with Crippen molar-refractivity contribution in [3.05, 3.63) is 0 Å². The summed E-state index contributed by atoms with van der Waals surface area (Å²) in [5, 5.41) is 13.7. The van der Waals surface area contributed by atoms with Crippen LogP contribution in [0.3, 0.4) is 0 Å². The van der Waals surface area contributed by atoms with Crippen molar-refractivity contribution in [3.63, 3.8) is 0 Å². The molecule has 112 valence electrons. The molecule has 0 aromatic heterocycles. The monoisotopic (exact) mass is 278 g/mol. The summed E-state index contributed by atoms with van der Waals surface area (Å²) in [6.45, 7) is 1.84. The van der Waals surface area contributed by atoms with Crippen LogP contribution in [0.1, 0.15) is 6.42 Å². The molecule has 0 heterocycles. The lowest BCUT2D eigenvalue weighted by Crippen LogP contribution is -2.47. The molecule has 8 nitrogen and oxygen atoms in total. The zero-order valence-electron chi connectivity index (χ0n) is 11.3. The number of carboxylic acids is 1. The number of hydrogen-bond acceptors (Lipinski definition) is 5. The van der Waals surface area contributed by atoms with Gasteiger partial charge < -0.3 is 30.0 Å². The molecular weight excluding hydrogens is 256 g/mol. The minimum atomic E-state index is -1.09. The maximum absolute atomic E-state index is 11.4. The molecule has 8 heteroatoms. The predicted octanol–water partition coefficient (Wildman–Crippen LogP) is -0.562. The summed E-state index contributed by atoms with van der Waals surface area (Å²) in [5.41, 5.74) is 0. The van der Waals surface area contributed by atoms with E-state index < -0.39 is 18.0 Å². The Bertz CT molecular complexity index is 262. The molecule has 1 atom stereocenters. The highest BCUT2D eigenvalue weighted by molar-refractivity contribution is 5.82. The molecule has 1 unspecified atom stereocenters. The maximum atomic E-state index is 11.4. The van der Waals surface area contributed by atoms with Gasteiger partial charge in [-0.15, -0.1) is 0 Å². The Balaban J connectivity index is 3.71. The SMILES string of the molecule is COCCOCCNC(=O)NC(CCOC)C(=O)O. The van der Waals surface area contributed by atoms with Gasteiger partial charge in [-0.1, -0.05) is 0 Å². The van der Waals surface area contributed by atoms with Crippen LogP contribution in [0.25, 0.3) is 0 Å². The molecule has 0 rings (SSSR count). The highest BCUT2D eigenvalue weighted by Gasteiger charge is 2.18. The number of rotatable bonds is 11. The van der Waals surface area contributed by atoms with Crippen molar-refractivity contribution in [2.75, 3.05) is 47.2 Å². The smallest absolute Gasteiger partial charge is 0.326 e. The van der Waals surface area contributed by atoms with Crippen LogP contribution in [0.2, 0.25) is 0 Å². The highest BCUT2D eigenvalue weighted by Crippen LogP contribution is 1.92. The average Bonchev–Trinajstić information content (AvgIpc) is 2.38. The van der Waals surface area contributed by atoms with Gasteiger partial charge in [0, 0.05) is 33.8 Å². The first-order chi connectivity index (χ1) is 9.11. The second kappa shape index (κ2) is 11.7. The van der Waals surface area contributed by atoms with Gasteiger partial charge in [0.15, 0.2) is 0 Å². The standard InChI is InChI=1S/C11H22N2O6/c1-17-5-3-9(10(14)15)13-11(16)12-4-6-19-8-7-18-2/h9H,3-8H2,1-2H3,(H,14,15)(H2,12,13,16). The van der Waals surface area contributed by atoms with Crippen LogP contribution < -0.4 is 10.6 Å². The molecule has 0 aromatic carbocycles. The van der Waals surface area contributed by atoms with Crippen LogP contribution >= 0.6 is 0 Å². The summed E-state index contributed by atoms with van der Waals surface area (Å²) in [6.07, 6.45) is 0.212. The third-order valence-electron chi connectivity index (χ3n) is 2.18. The molecule has 0 saturated carbocycles. The first kappa shape index (κ1) is 17.6.